The van der Waals surface area contributed by atoms with Gasteiger partial charge in [0, 0.05) is 42.8 Å². The van der Waals surface area contributed by atoms with E-state index in [1.54, 1.807) is 0 Å². The second-order valence-corrected chi connectivity index (χ2v) is 10.1. The Bertz CT molecular complexity index is 812. The number of carbonyl (C=O) groups excluding carboxylic acids is 1. The molecule has 4 nitrogen and oxygen atoms in total. The topological polar surface area (TPSA) is 35.6 Å². The van der Waals surface area contributed by atoms with Crippen LogP contribution in [0, 0.1) is 11.8 Å². The van der Waals surface area contributed by atoms with Crippen molar-refractivity contribution in [3.63, 3.8) is 0 Å². The van der Waals surface area contributed by atoms with Crippen molar-refractivity contribution in [2.45, 2.75) is 71.5 Å². The van der Waals surface area contributed by atoms with Gasteiger partial charge in [0.2, 0.25) is 5.91 Å². The van der Waals surface area contributed by atoms with E-state index in [0.717, 1.165) is 25.9 Å². The van der Waals surface area contributed by atoms with Crippen LogP contribution in [0.25, 0.3) is 5.57 Å². The Morgan fingerprint density at radius 3 is 2.69 bits per heavy atom. The highest BCUT2D eigenvalue weighted by molar-refractivity contribution is 5.88. The first-order valence-electron chi connectivity index (χ1n) is 11.4. The molecule has 0 aromatic heterocycles. The average Bonchev–Trinajstić information content (AvgIpc) is 3.06. The summed E-state index contributed by atoms with van der Waals surface area (Å²) in [6.45, 7) is 12.9. The fourth-order valence-electron chi connectivity index (χ4n) is 5.97. The van der Waals surface area contributed by atoms with Crippen LogP contribution < -0.4 is 5.32 Å². The molecule has 158 valence electrons. The fourth-order valence-corrected chi connectivity index (χ4v) is 5.97. The lowest BCUT2D eigenvalue weighted by Gasteiger charge is -2.44. The number of hydrogen-bond acceptors (Lipinski definition) is 3. The Labute approximate surface area is 176 Å². The minimum atomic E-state index is -0.0648. The summed E-state index contributed by atoms with van der Waals surface area (Å²) in [5.74, 6) is 1.41. The summed E-state index contributed by atoms with van der Waals surface area (Å²) < 4.78 is 0. The molecular formula is C25H37N3O. The molecule has 1 aromatic carbocycles. The zero-order chi connectivity index (χ0) is 20.9. The normalized spacial score (nSPS) is 26.6. The SMILES string of the molecule is CC(C)CC(C)N(C(=O)[C@@H]1C=C2c3cccc4c3C(CN4)C[C@H]2N(C)C1)C(C)C. The molecule has 3 aliphatic rings. The molecule has 0 saturated carbocycles. The lowest BCUT2D eigenvalue weighted by Crippen LogP contribution is -2.51. The number of anilines is 1. The molecule has 4 atom stereocenters. The zero-order valence-electron chi connectivity index (χ0n) is 18.9. The smallest absolute Gasteiger partial charge is 0.231 e. The van der Waals surface area contributed by atoms with Crippen LogP contribution in [0.4, 0.5) is 5.69 Å². The molecule has 0 bridgehead atoms. The van der Waals surface area contributed by atoms with E-state index in [0.29, 0.717) is 23.8 Å². The maximum Gasteiger partial charge on any atom is 0.231 e. The molecular weight excluding hydrogens is 358 g/mol. The van der Waals surface area contributed by atoms with Gasteiger partial charge in [-0.15, -0.1) is 0 Å². The van der Waals surface area contributed by atoms with Gasteiger partial charge < -0.3 is 10.2 Å². The van der Waals surface area contributed by atoms with Crippen molar-refractivity contribution < 1.29 is 4.79 Å². The van der Waals surface area contributed by atoms with Crippen LogP contribution >= 0.6 is 0 Å². The molecule has 2 aliphatic heterocycles. The van der Waals surface area contributed by atoms with Gasteiger partial charge in [-0.05, 0) is 69.3 Å². The molecule has 1 N–H and O–H groups in total. The highest BCUT2D eigenvalue weighted by Crippen LogP contribution is 2.48. The molecule has 2 unspecified atom stereocenters. The number of nitrogens with zero attached hydrogens (tertiary/aromatic N) is 2. The molecule has 4 rings (SSSR count). The molecule has 29 heavy (non-hydrogen) atoms. The second kappa shape index (κ2) is 7.79. The van der Waals surface area contributed by atoms with Gasteiger partial charge >= 0.3 is 0 Å². The maximum absolute atomic E-state index is 13.7. The number of likely N-dealkylation sites (N-methyl/N-ethyl adjacent to an activating group) is 1. The third kappa shape index (κ3) is 3.61. The van der Waals surface area contributed by atoms with Gasteiger partial charge in [0.1, 0.15) is 0 Å². The van der Waals surface area contributed by atoms with Gasteiger partial charge in [0.05, 0.1) is 5.92 Å². The first-order valence-corrected chi connectivity index (χ1v) is 11.4. The molecule has 1 aromatic rings. The highest BCUT2D eigenvalue weighted by atomic mass is 16.2. The summed E-state index contributed by atoms with van der Waals surface area (Å²) in [5.41, 5.74) is 5.50. The minimum Gasteiger partial charge on any atom is -0.384 e. The number of amides is 1. The van der Waals surface area contributed by atoms with Crippen LogP contribution in [-0.4, -0.2) is 54.0 Å². The van der Waals surface area contributed by atoms with Crippen LogP contribution in [0.3, 0.4) is 0 Å². The van der Waals surface area contributed by atoms with Gasteiger partial charge in [-0.2, -0.15) is 0 Å². The Morgan fingerprint density at radius 2 is 2.00 bits per heavy atom. The molecule has 1 aliphatic carbocycles. The number of hydrogen-bond donors (Lipinski definition) is 1. The predicted octanol–water partition coefficient (Wildman–Crippen LogP) is 4.58. The van der Waals surface area contributed by atoms with Crippen molar-refractivity contribution in [2.24, 2.45) is 11.8 Å². The quantitative estimate of drug-likeness (QED) is 0.792. The summed E-state index contributed by atoms with van der Waals surface area (Å²) in [4.78, 5) is 18.2. The van der Waals surface area contributed by atoms with Crippen LogP contribution in [0.15, 0.2) is 24.3 Å². The number of rotatable bonds is 5. The summed E-state index contributed by atoms with van der Waals surface area (Å²) in [6, 6.07) is 7.53. The van der Waals surface area contributed by atoms with E-state index in [1.807, 2.05) is 0 Å². The summed E-state index contributed by atoms with van der Waals surface area (Å²) in [5, 5.41) is 3.59. The van der Waals surface area contributed by atoms with Gasteiger partial charge in [-0.1, -0.05) is 32.1 Å². The van der Waals surface area contributed by atoms with Crippen molar-refractivity contribution in [1.82, 2.24) is 9.80 Å². The number of nitrogens with one attached hydrogen (secondary N) is 1. The fraction of sp³-hybridized carbons (Fsp3) is 0.640. The molecule has 0 fully saturated rings. The first-order chi connectivity index (χ1) is 13.8. The van der Waals surface area contributed by atoms with Crippen molar-refractivity contribution in [3.8, 4) is 0 Å². The average molecular weight is 396 g/mol. The van der Waals surface area contributed by atoms with Gasteiger partial charge in [-0.3, -0.25) is 9.69 Å². The standard InChI is InChI=1S/C25H37N3O/c1-15(2)10-17(5)28(16(3)4)25(29)19-11-21-20-8-7-9-22-24(20)18(13-26-22)12-23(21)27(6)14-19/h7-9,11,15-19,23,26H,10,12-14H2,1-6H3/t17?,18?,19-,23-/m1/s1. The molecule has 0 spiro atoms. The molecule has 0 saturated heterocycles. The van der Waals surface area contributed by atoms with E-state index in [1.165, 1.54) is 22.4 Å². The lowest BCUT2D eigenvalue weighted by atomic mass is 9.74. The van der Waals surface area contributed by atoms with E-state index in [9.17, 15) is 4.79 Å². The Hall–Kier alpha value is -1.81. The number of carbonyl (C=O) groups is 1. The van der Waals surface area contributed by atoms with Gasteiger partial charge in [0.25, 0.3) is 0 Å². The number of benzene rings is 1. The zero-order valence-corrected chi connectivity index (χ0v) is 18.9. The summed E-state index contributed by atoms with van der Waals surface area (Å²) in [7, 11) is 2.20. The molecule has 4 heteroatoms. The summed E-state index contributed by atoms with van der Waals surface area (Å²) in [6.07, 6.45) is 4.51. The van der Waals surface area contributed by atoms with Crippen molar-refractivity contribution in [1.29, 1.82) is 0 Å². The van der Waals surface area contributed by atoms with Crippen molar-refractivity contribution >= 4 is 17.2 Å². The molecule has 1 amide bonds. The minimum absolute atomic E-state index is 0.0648. The lowest BCUT2D eigenvalue weighted by molar-refractivity contribution is -0.139. The van der Waals surface area contributed by atoms with Crippen LogP contribution in [-0.2, 0) is 4.79 Å². The van der Waals surface area contributed by atoms with Crippen LogP contribution in [0.2, 0.25) is 0 Å². The van der Waals surface area contributed by atoms with Crippen LogP contribution in [0.5, 0.6) is 0 Å². The Morgan fingerprint density at radius 1 is 1.24 bits per heavy atom. The highest BCUT2D eigenvalue weighted by Gasteiger charge is 2.41. The van der Waals surface area contributed by atoms with Crippen LogP contribution in [0.1, 0.15) is 64.5 Å². The third-order valence-electron chi connectivity index (χ3n) is 7.04. The third-order valence-corrected chi connectivity index (χ3v) is 7.04. The molecule has 2 heterocycles. The van der Waals surface area contributed by atoms with E-state index in [-0.39, 0.29) is 18.0 Å². The van der Waals surface area contributed by atoms with E-state index in [4.69, 9.17) is 0 Å². The Balaban J connectivity index is 1.68. The Kier molecular flexibility index (Phi) is 5.50. The van der Waals surface area contributed by atoms with E-state index >= 15 is 0 Å². The van der Waals surface area contributed by atoms with Crippen molar-refractivity contribution in [3.05, 3.63) is 35.4 Å². The predicted molar refractivity (Wildman–Crippen MR) is 121 cm³/mol. The van der Waals surface area contributed by atoms with E-state index < -0.39 is 0 Å². The maximum atomic E-state index is 13.7. The molecule has 0 radical (unpaired) electrons. The summed E-state index contributed by atoms with van der Waals surface area (Å²) >= 11 is 0. The van der Waals surface area contributed by atoms with Gasteiger partial charge in [0.15, 0.2) is 0 Å². The van der Waals surface area contributed by atoms with Crippen molar-refractivity contribution in [2.75, 3.05) is 25.5 Å². The van der Waals surface area contributed by atoms with Gasteiger partial charge in [-0.25, -0.2) is 0 Å². The number of fused-ring (bicyclic) bond motifs is 2. The largest absolute Gasteiger partial charge is 0.384 e. The monoisotopic (exact) mass is 395 g/mol. The first kappa shape index (κ1) is 20.5. The second-order valence-electron chi connectivity index (χ2n) is 10.1. The van der Waals surface area contributed by atoms with E-state index in [2.05, 4.69) is 81.1 Å².